The van der Waals surface area contributed by atoms with Gasteiger partial charge in [0.15, 0.2) is 0 Å². The molecule has 1 aromatic heterocycles. The predicted molar refractivity (Wildman–Crippen MR) is 68.9 cm³/mol. The molecule has 2 rings (SSSR count). The summed E-state index contributed by atoms with van der Waals surface area (Å²) in [6.45, 7) is 5.60. The maximum atomic E-state index is 5.81. The van der Waals surface area contributed by atoms with E-state index in [0.717, 1.165) is 17.9 Å². The van der Waals surface area contributed by atoms with Crippen LogP contribution >= 0.6 is 0 Å². The fraction of sp³-hybridized carbons (Fsp3) is 0.429. The molecule has 17 heavy (non-hydrogen) atoms. The van der Waals surface area contributed by atoms with Crippen molar-refractivity contribution in [2.24, 2.45) is 0 Å². The van der Waals surface area contributed by atoms with Crippen LogP contribution in [0.15, 0.2) is 28.7 Å². The third kappa shape index (κ3) is 2.68. The average molecular weight is 233 g/mol. The van der Waals surface area contributed by atoms with Gasteiger partial charge in [0.1, 0.15) is 18.0 Å². The van der Waals surface area contributed by atoms with Crippen molar-refractivity contribution in [2.45, 2.75) is 33.0 Å². The minimum absolute atomic E-state index is 0.457. The highest BCUT2D eigenvalue weighted by atomic mass is 16.5. The van der Waals surface area contributed by atoms with E-state index in [-0.39, 0.29) is 0 Å². The van der Waals surface area contributed by atoms with Gasteiger partial charge in [-0.2, -0.15) is 0 Å². The van der Waals surface area contributed by atoms with Crippen LogP contribution in [0.2, 0.25) is 0 Å². The largest absolute Gasteiger partial charge is 0.458 e. The molecule has 0 aliphatic carbocycles. The summed E-state index contributed by atoms with van der Waals surface area (Å²) >= 11 is 0. The summed E-state index contributed by atoms with van der Waals surface area (Å²) in [5.74, 6) is 0.918. The Balaban J connectivity index is 2.37. The van der Waals surface area contributed by atoms with E-state index >= 15 is 0 Å². The molecule has 1 heterocycles. The van der Waals surface area contributed by atoms with Crippen LogP contribution in [-0.4, -0.2) is 13.2 Å². The Morgan fingerprint density at radius 2 is 2.06 bits per heavy atom. The molecule has 0 atom stereocenters. The smallest absolute Gasteiger partial charge is 0.135 e. The normalized spacial score (nSPS) is 11.5. The van der Waals surface area contributed by atoms with Crippen LogP contribution < -0.4 is 5.32 Å². The fourth-order valence-electron chi connectivity index (χ4n) is 1.90. The van der Waals surface area contributed by atoms with Gasteiger partial charge in [-0.3, -0.25) is 0 Å². The van der Waals surface area contributed by atoms with Crippen LogP contribution in [0, 0.1) is 0 Å². The van der Waals surface area contributed by atoms with E-state index in [4.69, 9.17) is 9.15 Å². The Hall–Kier alpha value is -1.32. The van der Waals surface area contributed by atoms with Gasteiger partial charge in [0.25, 0.3) is 0 Å². The van der Waals surface area contributed by atoms with Gasteiger partial charge in [-0.05, 0) is 6.07 Å². The van der Waals surface area contributed by atoms with Gasteiger partial charge in [0.2, 0.25) is 0 Å². The molecular weight excluding hydrogens is 214 g/mol. The number of fused-ring (bicyclic) bond motifs is 1. The standard InChI is InChI=1S/C14H19NO2/c1-10(2)15-8-12-11-6-4-5-7-13(11)17-14(12)9-16-3/h4-7,10,15H,8-9H2,1-3H3. The number of nitrogens with one attached hydrogen (secondary N) is 1. The molecule has 0 fully saturated rings. The van der Waals surface area contributed by atoms with Gasteiger partial charge >= 0.3 is 0 Å². The Labute approximate surface area is 102 Å². The molecule has 0 saturated carbocycles. The third-order valence-corrected chi connectivity index (χ3v) is 2.74. The van der Waals surface area contributed by atoms with E-state index in [1.165, 1.54) is 10.9 Å². The second-order valence-electron chi connectivity index (χ2n) is 4.47. The zero-order valence-corrected chi connectivity index (χ0v) is 10.6. The van der Waals surface area contributed by atoms with Crippen molar-refractivity contribution in [2.75, 3.05) is 7.11 Å². The summed E-state index contributed by atoms with van der Waals surface area (Å²) in [7, 11) is 1.69. The second kappa shape index (κ2) is 5.34. The quantitative estimate of drug-likeness (QED) is 0.861. The zero-order valence-electron chi connectivity index (χ0n) is 10.6. The van der Waals surface area contributed by atoms with Crippen LogP contribution in [-0.2, 0) is 17.9 Å². The number of ether oxygens (including phenoxy) is 1. The first-order valence-corrected chi connectivity index (χ1v) is 5.94. The number of hydrogen-bond acceptors (Lipinski definition) is 3. The number of hydrogen-bond donors (Lipinski definition) is 1. The van der Waals surface area contributed by atoms with Gasteiger partial charge in [-0.25, -0.2) is 0 Å². The Bertz CT molecular complexity index is 488. The Morgan fingerprint density at radius 3 is 2.76 bits per heavy atom. The number of rotatable bonds is 5. The summed E-state index contributed by atoms with van der Waals surface area (Å²) in [6.07, 6.45) is 0. The molecule has 1 aromatic carbocycles. The van der Waals surface area contributed by atoms with Crippen LogP contribution in [0.1, 0.15) is 25.2 Å². The van der Waals surface area contributed by atoms with Crippen LogP contribution in [0.5, 0.6) is 0 Å². The minimum atomic E-state index is 0.457. The number of benzene rings is 1. The molecule has 0 radical (unpaired) electrons. The van der Waals surface area contributed by atoms with Gasteiger partial charge in [0, 0.05) is 30.6 Å². The maximum absolute atomic E-state index is 5.81. The average Bonchev–Trinajstić information content (AvgIpc) is 2.64. The maximum Gasteiger partial charge on any atom is 0.135 e. The lowest BCUT2D eigenvalue weighted by molar-refractivity contribution is 0.165. The first-order chi connectivity index (χ1) is 8.22. The lowest BCUT2D eigenvalue weighted by atomic mass is 10.1. The molecule has 0 spiro atoms. The van der Waals surface area contributed by atoms with E-state index in [2.05, 4.69) is 25.2 Å². The summed E-state index contributed by atoms with van der Waals surface area (Å²) < 4.78 is 11.0. The Kier molecular flexibility index (Phi) is 3.82. The predicted octanol–water partition coefficient (Wildman–Crippen LogP) is 3.08. The van der Waals surface area contributed by atoms with Gasteiger partial charge in [0.05, 0.1) is 0 Å². The molecule has 92 valence electrons. The summed E-state index contributed by atoms with van der Waals surface area (Å²) in [4.78, 5) is 0. The summed E-state index contributed by atoms with van der Waals surface area (Å²) in [5, 5.41) is 4.60. The van der Waals surface area contributed by atoms with Crippen LogP contribution in [0.3, 0.4) is 0 Å². The second-order valence-corrected chi connectivity index (χ2v) is 4.47. The molecule has 0 unspecified atom stereocenters. The van der Waals surface area contributed by atoms with E-state index in [9.17, 15) is 0 Å². The molecule has 0 saturated heterocycles. The van der Waals surface area contributed by atoms with Gasteiger partial charge in [-0.1, -0.05) is 32.0 Å². The first-order valence-electron chi connectivity index (χ1n) is 5.94. The zero-order chi connectivity index (χ0) is 12.3. The lowest BCUT2D eigenvalue weighted by Crippen LogP contribution is -2.22. The highest BCUT2D eigenvalue weighted by Gasteiger charge is 2.13. The van der Waals surface area contributed by atoms with E-state index in [0.29, 0.717) is 12.6 Å². The summed E-state index contributed by atoms with van der Waals surface area (Å²) in [6, 6.07) is 8.57. The van der Waals surface area contributed by atoms with Gasteiger partial charge < -0.3 is 14.5 Å². The van der Waals surface area contributed by atoms with Crippen molar-refractivity contribution in [3.05, 3.63) is 35.6 Å². The van der Waals surface area contributed by atoms with Crippen molar-refractivity contribution < 1.29 is 9.15 Å². The fourth-order valence-corrected chi connectivity index (χ4v) is 1.90. The minimum Gasteiger partial charge on any atom is -0.458 e. The molecular formula is C14H19NO2. The number of methoxy groups -OCH3 is 1. The highest BCUT2D eigenvalue weighted by Crippen LogP contribution is 2.26. The number of furan rings is 1. The van der Waals surface area contributed by atoms with Crippen molar-refractivity contribution in [3.8, 4) is 0 Å². The Morgan fingerprint density at radius 1 is 1.29 bits per heavy atom. The molecule has 0 aliphatic heterocycles. The highest BCUT2D eigenvalue weighted by molar-refractivity contribution is 5.82. The van der Waals surface area contributed by atoms with Crippen molar-refractivity contribution in [1.82, 2.24) is 5.32 Å². The molecule has 3 nitrogen and oxygen atoms in total. The van der Waals surface area contributed by atoms with Crippen LogP contribution in [0.25, 0.3) is 11.0 Å². The molecule has 1 N–H and O–H groups in total. The molecule has 3 heteroatoms. The summed E-state index contributed by atoms with van der Waals surface area (Å²) in [5.41, 5.74) is 2.14. The van der Waals surface area contributed by atoms with Crippen molar-refractivity contribution >= 4 is 11.0 Å². The van der Waals surface area contributed by atoms with Gasteiger partial charge in [-0.15, -0.1) is 0 Å². The first kappa shape index (κ1) is 12.1. The molecule has 0 bridgehead atoms. The van der Waals surface area contributed by atoms with Crippen molar-refractivity contribution in [1.29, 1.82) is 0 Å². The monoisotopic (exact) mass is 233 g/mol. The number of para-hydroxylation sites is 1. The topological polar surface area (TPSA) is 34.4 Å². The van der Waals surface area contributed by atoms with E-state index in [1.807, 2.05) is 18.2 Å². The third-order valence-electron chi connectivity index (χ3n) is 2.74. The molecule has 2 aromatic rings. The SMILES string of the molecule is COCc1oc2ccccc2c1CNC(C)C. The lowest BCUT2D eigenvalue weighted by Gasteiger charge is -2.08. The van der Waals surface area contributed by atoms with Crippen molar-refractivity contribution in [3.63, 3.8) is 0 Å². The van der Waals surface area contributed by atoms with E-state index in [1.54, 1.807) is 7.11 Å². The van der Waals surface area contributed by atoms with E-state index < -0.39 is 0 Å². The molecule has 0 aliphatic rings. The van der Waals surface area contributed by atoms with Crippen LogP contribution in [0.4, 0.5) is 0 Å². The molecule has 0 amide bonds.